The predicted octanol–water partition coefficient (Wildman–Crippen LogP) is 2.48. The van der Waals surface area contributed by atoms with Crippen molar-refractivity contribution in [1.82, 2.24) is 4.90 Å². The summed E-state index contributed by atoms with van der Waals surface area (Å²) < 4.78 is 23.6. The topological polar surface area (TPSA) is 66.5 Å². The monoisotopic (exact) mass is 352 g/mol. The summed E-state index contributed by atoms with van der Waals surface area (Å²) in [5.41, 5.74) is 1.97. The minimum atomic E-state index is -2.96. The lowest BCUT2D eigenvalue weighted by Gasteiger charge is -2.32. The molecule has 0 radical (unpaired) electrons. The molecule has 1 aliphatic rings. The number of benzene rings is 1. The molecule has 1 aromatic carbocycles. The number of nitrogens with zero attached hydrogens (tertiary/aromatic N) is 1. The first-order valence-corrected chi connectivity index (χ1v) is 10.5. The standard InChI is InChI=1S/C18H28N2O3S/c1-4-14(3)20(17-9-10-24(22,23)13-17)12-18(21)19-16-8-6-7-15(5-2)11-16/h6-8,11,14,17H,4-5,9-10,12-13H2,1-3H3,(H,19,21). The van der Waals surface area contributed by atoms with E-state index in [1.807, 2.05) is 29.2 Å². The zero-order valence-electron chi connectivity index (χ0n) is 14.8. The van der Waals surface area contributed by atoms with E-state index in [1.165, 1.54) is 5.56 Å². The molecule has 1 aromatic rings. The van der Waals surface area contributed by atoms with E-state index in [4.69, 9.17) is 0 Å². The molecule has 0 bridgehead atoms. The molecule has 1 heterocycles. The molecule has 1 fully saturated rings. The van der Waals surface area contributed by atoms with Crippen LogP contribution in [0.4, 0.5) is 5.69 Å². The summed E-state index contributed by atoms with van der Waals surface area (Å²) in [6, 6.07) is 7.94. The number of hydrogen-bond donors (Lipinski definition) is 1. The molecule has 0 aromatic heterocycles. The minimum absolute atomic E-state index is 0.0577. The second-order valence-corrected chi connectivity index (χ2v) is 8.82. The van der Waals surface area contributed by atoms with Gasteiger partial charge >= 0.3 is 0 Å². The summed E-state index contributed by atoms with van der Waals surface area (Å²) in [6.45, 7) is 6.41. The van der Waals surface area contributed by atoms with Gasteiger partial charge in [-0.25, -0.2) is 8.42 Å². The quantitative estimate of drug-likeness (QED) is 0.819. The Morgan fingerprint density at radius 1 is 1.38 bits per heavy atom. The third-order valence-corrected chi connectivity index (χ3v) is 6.53. The third-order valence-electron chi connectivity index (χ3n) is 4.78. The van der Waals surface area contributed by atoms with Gasteiger partial charge in [0.25, 0.3) is 0 Å². The van der Waals surface area contributed by atoms with Crippen LogP contribution in [0.3, 0.4) is 0 Å². The first-order valence-electron chi connectivity index (χ1n) is 8.69. The van der Waals surface area contributed by atoms with Crippen LogP contribution in [0.2, 0.25) is 0 Å². The molecule has 0 spiro atoms. The number of nitrogens with one attached hydrogen (secondary N) is 1. The van der Waals surface area contributed by atoms with Crippen LogP contribution in [0.1, 0.15) is 39.2 Å². The highest BCUT2D eigenvalue weighted by atomic mass is 32.2. The average Bonchev–Trinajstić information content (AvgIpc) is 2.91. The molecule has 2 atom stereocenters. The highest BCUT2D eigenvalue weighted by molar-refractivity contribution is 7.91. The van der Waals surface area contributed by atoms with Crippen LogP contribution in [-0.4, -0.2) is 49.4 Å². The maximum absolute atomic E-state index is 12.5. The number of carbonyl (C=O) groups excluding carboxylic acids is 1. The van der Waals surface area contributed by atoms with E-state index >= 15 is 0 Å². The van der Waals surface area contributed by atoms with Crippen LogP contribution in [0.25, 0.3) is 0 Å². The van der Waals surface area contributed by atoms with Gasteiger partial charge in [0.15, 0.2) is 9.84 Å². The first-order chi connectivity index (χ1) is 11.3. The SMILES string of the molecule is CCc1cccc(NC(=O)CN(C(C)CC)C2CCS(=O)(=O)C2)c1. The van der Waals surface area contributed by atoms with E-state index in [2.05, 4.69) is 26.1 Å². The van der Waals surface area contributed by atoms with E-state index in [0.29, 0.717) is 6.42 Å². The Hall–Kier alpha value is -1.40. The average molecular weight is 353 g/mol. The molecule has 5 nitrogen and oxygen atoms in total. The van der Waals surface area contributed by atoms with Crippen LogP contribution >= 0.6 is 0 Å². The summed E-state index contributed by atoms with van der Waals surface area (Å²) in [5, 5.41) is 2.94. The van der Waals surface area contributed by atoms with Crippen molar-refractivity contribution in [3.8, 4) is 0 Å². The van der Waals surface area contributed by atoms with Gasteiger partial charge in [0.2, 0.25) is 5.91 Å². The Balaban J connectivity index is 2.04. The summed E-state index contributed by atoms with van der Waals surface area (Å²) in [4.78, 5) is 14.5. The lowest BCUT2D eigenvalue weighted by molar-refractivity contribution is -0.118. The van der Waals surface area contributed by atoms with Crippen LogP contribution in [0.5, 0.6) is 0 Å². The number of rotatable bonds is 7. The highest BCUT2D eigenvalue weighted by Crippen LogP contribution is 2.21. The number of carbonyl (C=O) groups is 1. The second kappa shape index (κ2) is 8.12. The largest absolute Gasteiger partial charge is 0.325 e. The van der Waals surface area contributed by atoms with Crippen molar-refractivity contribution in [3.05, 3.63) is 29.8 Å². The van der Waals surface area contributed by atoms with Crippen molar-refractivity contribution in [3.63, 3.8) is 0 Å². The first kappa shape index (κ1) is 18.9. The number of anilines is 1. The van der Waals surface area contributed by atoms with Gasteiger partial charge in [-0.3, -0.25) is 9.69 Å². The van der Waals surface area contributed by atoms with E-state index in [-0.39, 0.29) is 36.0 Å². The zero-order valence-corrected chi connectivity index (χ0v) is 15.6. The Kier molecular flexibility index (Phi) is 6.40. The Morgan fingerprint density at radius 3 is 2.71 bits per heavy atom. The molecule has 1 N–H and O–H groups in total. The second-order valence-electron chi connectivity index (χ2n) is 6.59. The fourth-order valence-electron chi connectivity index (χ4n) is 3.15. The fourth-order valence-corrected chi connectivity index (χ4v) is 4.89. The maximum atomic E-state index is 12.5. The van der Waals surface area contributed by atoms with Crippen molar-refractivity contribution in [1.29, 1.82) is 0 Å². The lowest BCUT2D eigenvalue weighted by atomic mass is 10.1. The van der Waals surface area contributed by atoms with Gasteiger partial charge in [0, 0.05) is 17.8 Å². The summed E-state index contributed by atoms with van der Waals surface area (Å²) in [5.74, 6) is 0.300. The predicted molar refractivity (Wildman–Crippen MR) is 98.0 cm³/mol. The van der Waals surface area contributed by atoms with Gasteiger partial charge in [-0.2, -0.15) is 0 Å². The molecule has 2 unspecified atom stereocenters. The van der Waals surface area contributed by atoms with Crippen LogP contribution < -0.4 is 5.32 Å². The molecular formula is C18H28N2O3S. The molecule has 0 aliphatic carbocycles. The van der Waals surface area contributed by atoms with E-state index in [9.17, 15) is 13.2 Å². The van der Waals surface area contributed by atoms with Gasteiger partial charge in [0.1, 0.15) is 0 Å². The molecule has 2 rings (SSSR count). The van der Waals surface area contributed by atoms with Crippen LogP contribution in [-0.2, 0) is 21.1 Å². The molecule has 134 valence electrons. The molecule has 6 heteroatoms. The van der Waals surface area contributed by atoms with Gasteiger partial charge in [-0.15, -0.1) is 0 Å². The number of hydrogen-bond acceptors (Lipinski definition) is 4. The smallest absolute Gasteiger partial charge is 0.238 e. The van der Waals surface area contributed by atoms with Crippen LogP contribution in [0, 0.1) is 0 Å². The van der Waals surface area contributed by atoms with Crippen molar-refractivity contribution in [2.45, 2.75) is 52.1 Å². The van der Waals surface area contributed by atoms with Crippen molar-refractivity contribution >= 4 is 21.4 Å². The van der Waals surface area contributed by atoms with E-state index in [1.54, 1.807) is 0 Å². The van der Waals surface area contributed by atoms with E-state index < -0.39 is 9.84 Å². The highest BCUT2D eigenvalue weighted by Gasteiger charge is 2.34. The lowest BCUT2D eigenvalue weighted by Crippen LogP contribution is -2.46. The number of aryl methyl sites for hydroxylation is 1. The minimum Gasteiger partial charge on any atom is -0.325 e. The Morgan fingerprint density at radius 2 is 2.12 bits per heavy atom. The fraction of sp³-hybridized carbons (Fsp3) is 0.611. The summed E-state index contributed by atoms with van der Waals surface area (Å²) in [6.07, 6.45) is 2.42. The Bertz CT molecular complexity index is 673. The van der Waals surface area contributed by atoms with Gasteiger partial charge < -0.3 is 5.32 Å². The Labute approximate surface area is 145 Å². The van der Waals surface area contributed by atoms with Crippen molar-refractivity contribution < 1.29 is 13.2 Å². The summed E-state index contributed by atoms with van der Waals surface area (Å²) in [7, 11) is -2.96. The molecule has 24 heavy (non-hydrogen) atoms. The van der Waals surface area contributed by atoms with Crippen molar-refractivity contribution in [2.24, 2.45) is 0 Å². The molecule has 1 saturated heterocycles. The zero-order chi connectivity index (χ0) is 17.7. The number of sulfone groups is 1. The molecule has 1 aliphatic heterocycles. The molecule has 1 amide bonds. The van der Waals surface area contributed by atoms with Crippen molar-refractivity contribution in [2.75, 3.05) is 23.4 Å². The van der Waals surface area contributed by atoms with Gasteiger partial charge in [-0.05, 0) is 43.9 Å². The maximum Gasteiger partial charge on any atom is 0.238 e. The molecular weight excluding hydrogens is 324 g/mol. The summed E-state index contributed by atoms with van der Waals surface area (Å²) >= 11 is 0. The number of amides is 1. The van der Waals surface area contributed by atoms with Crippen LogP contribution in [0.15, 0.2) is 24.3 Å². The third kappa shape index (κ3) is 5.05. The van der Waals surface area contributed by atoms with E-state index in [0.717, 1.165) is 18.5 Å². The van der Waals surface area contributed by atoms with Gasteiger partial charge in [0.05, 0.1) is 18.1 Å². The molecule has 0 saturated carbocycles. The van der Waals surface area contributed by atoms with Gasteiger partial charge in [-0.1, -0.05) is 26.0 Å². The normalized spacial score (nSPS) is 20.9.